The van der Waals surface area contributed by atoms with Gasteiger partial charge in [0.2, 0.25) is 0 Å². The Labute approximate surface area is 195 Å². The van der Waals surface area contributed by atoms with Crippen molar-refractivity contribution in [1.82, 2.24) is 4.90 Å². The van der Waals surface area contributed by atoms with Crippen LogP contribution in [0.15, 0.2) is 67.3 Å². The molecule has 0 radical (unpaired) electrons. The monoisotopic (exact) mass is 449 g/mol. The molecule has 0 spiro atoms. The van der Waals surface area contributed by atoms with E-state index < -0.39 is 0 Å². The molecule has 2 aliphatic heterocycles. The van der Waals surface area contributed by atoms with E-state index in [4.69, 9.17) is 14.2 Å². The molecule has 2 aromatic carbocycles. The number of aldehydes is 1. The van der Waals surface area contributed by atoms with Crippen LogP contribution in [0.3, 0.4) is 0 Å². The highest BCUT2D eigenvalue weighted by Crippen LogP contribution is 2.44. The number of ether oxygens (including phenoxy) is 3. The molecule has 0 saturated carbocycles. The second-order valence-electron chi connectivity index (χ2n) is 7.74. The molecule has 0 aliphatic carbocycles. The number of rotatable bonds is 7. The molecule has 0 saturated heterocycles. The topological polar surface area (TPSA) is 68.2 Å². The first-order valence-corrected chi connectivity index (χ1v) is 10.8. The molecule has 6 heteroatoms. The van der Waals surface area contributed by atoms with Crippen molar-refractivity contribution in [1.29, 1.82) is 0 Å². The minimum absolute atomic E-state index is 0.348. The first kappa shape index (κ1) is 24.3. The Morgan fingerprint density at radius 1 is 1.18 bits per heavy atom. The van der Waals surface area contributed by atoms with E-state index >= 15 is 0 Å². The van der Waals surface area contributed by atoms with Crippen LogP contribution in [0.5, 0.6) is 17.2 Å². The summed E-state index contributed by atoms with van der Waals surface area (Å²) >= 11 is 0. The minimum Gasteiger partial charge on any atom is -0.497 e. The number of allylic oxidation sites excluding steroid dienone is 4. The van der Waals surface area contributed by atoms with Gasteiger partial charge in [-0.25, -0.2) is 0 Å². The van der Waals surface area contributed by atoms with Gasteiger partial charge in [0.05, 0.1) is 14.2 Å². The number of aliphatic hydroxyl groups is 1. The van der Waals surface area contributed by atoms with Crippen LogP contribution in [-0.2, 0) is 24.2 Å². The molecule has 0 aromatic heterocycles. The van der Waals surface area contributed by atoms with Gasteiger partial charge in [-0.2, -0.15) is 0 Å². The first-order chi connectivity index (χ1) is 16.1. The van der Waals surface area contributed by atoms with Gasteiger partial charge < -0.3 is 19.3 Å². The third-order valence-electron chi connectivity index (χ3n) is 6.03. The van der Waals surface area contributed by atoms with Crippen LogP contribution in [0.4, 0.5) is 0 Å². The summed E-state index contributed by atoms with van der Waals surface area (Å²) in [4.78, 5) is 12.4. The second kappa shape index (κ2) is 11.5. The van der Waals surface area contributed by atoms with E-state index in [0.29, 0.717) is 23.1 Å². The zero-order chi connectivity index (χ0) is 23.8. The number of hydrogen-bond donors (Lipinski definition) is 1. The molecule has 2 heterocycles. The normalized spacial score (nSPS) is 16.7. The fraction of sp³-hybridized carbons (Fsp3) is 0.296. The largest absolute Gasteiger partial charge is 0.497 e. The van der Waals surface area contributed by atoms with Crippen LogP contribution >= 0.6 is 0 Å². The molecule has 6 nitrogen and oxygen atoms in total. The lowest BCUT2D eigenvalue weighted by molar-refractivity contribution is -0.104. The van der Waals surface area contributed by atoms with Crippen molar-refractivity contribution in [2.45, 2.75) is 25.4 Å². The van der Waals surface area contributed by atoms with Crippen molar-refractivity contribution in [3.05, 3.63) is 89.5 Å². The van der Waals surface area contributed by atoms with E-state index in [-0.39, 0.29) is 6.79 Å². The lowest BCUT2D eigenvalue weighted by Gasteiger charge is -2.42. The predicted octanol–water partition coefficient (Wildman–Crippen LogP) is 4.17. The smallest absolute Gasteiger partial charge is 0.186 e. The number of benzene rings is 2. The molecule has 0 bridgehead atoms. The Hall–Kier alpha value is -3.35. The van der Waals surface area contributed by atoms with Gasteiger partial charge in [-0.05, 0) is 47.7 Å². The summed E-state index contributed by atoms with van der Waals surface area (Å²) in [5.41, 5.74) is 5.71. The lowest BCUT2D eigenvalue weighted by atomic mass is 9.83. The molecular formula is C27H31NO5. The summed E-state index contributed by atoms with van der Waals surface area (Å²) in [6.45, 7) is 8.27. The van der Waals surface area contributed by atoms with Crippen LogP contribution < -0.4 is 14.2 Å². The Morgan fingerprint density at radius 3 is 2.61 bits per heavy atom. The summed E-state index contributed by atoms with van der Waals surface area (Å²) < 4.78 is 16.3. The van der Waals surface area contributed by atoms with Gasteiger partial charge in [-0.1, -0.05) is 43.5 Å². The maximum absolute atomic E-state index is 9.94. The maximum atomic E-state index is 9.94. The molecule has 33 heavy (non-hydrogen) atoms. The third kappa shape index (κ3) is 5.35. The minimum atomic E-state index is -0.348. The van der Waals surface area contributed by atoms with Crippen molar-refractivity contribution < 1.29 is 24.1 Å². The average molecular weight is 450 g/mol. The number of aliphatic hydroxyl groups excluding tert-OH is 1. The van der Waals surface area contributed by atoms with Crippen LogP contribution in [0, 0.1) is 0 Å². The maximum Gasteiger partial charge on any atom is 0.186 e. The quantitative estimate of drug-likeness (QED) is 0.296. The van der Waals surface area contributed by atoms with Gasteiger partial charge >= 0.3 is 0 Å². The van der Waals surface area contributed by atoms with Gasteiger partial charge in [0.15, 0.2) is 18.3 Å². The van der Waals surface area contributed by atoms with Crippen molar-refractivity contribution in [2.75, 3.05) is 27.6 Å². The van der Waals surface area contributed by atoms with E-state index in [0.717, 1.165) is 43.5 Å². The standard InChI is InChI=1S/C20H23NO4.C7H8O/c1-23-15-4-5-16-14(9-15)7-8-21-11-17-13(10-18(16)21)3-6-19(24-2)20(17)25-12-22;1-3-5-7(4-2)6-8/h3-6,9,18,22H,7-8,10-12H2,1-2H3;3-6H,1-2H2/b;7-5+. The van der Waals surface area contributed by atoms with E-state index in [2.05, 4.69) is 36.3 Å². The fourth-order valence-electron chi connectivity index (χ4n) is 4.39. The van der Waals surface area contributed by atoms with E-state index in [9.17, 15) is 9.90 Å². The van der Waals surface area contributed by atoms with E-state index in [1.54, 1.807) is 26.4 Å². The van der Waals surface area contributed by atoms with Crippen LogP contribution in [0.2, 0.25) is 0 Å². The van der Waals surface area contributed by atoms with Gasteiger partial charge in [-0.15, -0.1) is 0 Å². The lowest BCUT2D eigenvalue weighted by Crippen LogP contribution is -2.39. The molecule has 174 valence electrons. The van der Waals surface area contributed by atoms with Gasteiger partial charge in [0.25, 0.3) is 0 Å². The van der Waals surface area contributed by atoms with Gasteiger partial charge in [0, 0.05) is 30.3 Å². The van der Waals surface area contributed by atoms with Crippen molar-refractivity contribution in [2.24, 2.45) is 0 Å². The number of carbonyl (C=O) groups is 1. The Bertz CT molecular complexity index is 1030. The highest BCUT2D eigenvalue weighted by Gasteiger charge is 2.34. The summed E-state index contributed by atoms with van der Waals surface area (Å²) in [6, 6.07) is 10.8. The number of fused-ring (bicyclic) bond motifs is 4. The average Bonchev–Trinajstić information content (AvgIpc) is 2.86. The van der Waals surface area contributed by atoms with Crippen LogP contribution in [-0.4, -0.2) is 43.8 Å². The van der Waals surface area contributed by atoms with Crippen molar-refractivity contribution >= 4 is 6.29 Å². The van der Waals surface area contributed by atoms with E-state index in [1.807, 2.05) is 12.1 Å². The van der Waals surface area contributed by atoms with Crippen LogP contribution in [0.1, 0.15) is 28.3 Å². The highest BCUT2D eigenvalue weighted by atomic mass is 16.6. The number of hydrogen-bond acceptors (Lipinski definition) is 6. The zero-order valence-electron chi connectivity index (χ0n) is 19.3. The molecule has 2 aromatic rings. The molecule has 0 fully saturated rings. The Morgan fingerprint density at radius 2 is 2.00 bits per heavy atom. The van der Waals surface area contributed by atoms with Gasteiger partial charge in [0.1, 0.15) is 12.0 Å². The molecule has 4 rings (SSSR count). The molecule has 2 aliphatic rings. The number of methoxy groups -OCH3 is 2. The SMILES string of the molecule is C=C/C=C(\C=C)C=O.COc1ccc2c(c1)CCN1Cc3c(ccc(OC)c3OCO)CC21. The molecule has 1 unspecified atom stereocenters. The molecular weight excluding hydrogens is 418 g/mol. The third-order valence-corrected chi connectivity index (χ3v) is 6.03. The zero-order valence-corrected chi connectivity index (χ0v) is 19.3. The second-order valence-corrected chi connectivity index (χ2v) is 7.74. The number of nitrogens with zero attached hydrogens (tertiary/aromatic N) is 1. The highest BCUT2D eigenvalue weighted by molar-refractivity contribution is 5.77. The molecule has 1 N–H and O–H groups in total. The summed E-state index contributed by atoms with van der Waals surface area (Å²) in [7, 11) is 3.34. The van der Waals surface area contributed by atoms with Gasteiger partial charge in [-0.3, -0.25) is 9.69 Å². The predicted molar refractivity (Wildman–Crippen MR) is 129 cm³/mol. The van der Waals surface area contributed by atoms with Crippen molar-refractivity contribution in [3.63, 3.8) is 0 Å². The Balaban J connectivity index is 0.000000331. The van der Waals surface area contributed by atoms with Crippen LogP contribution in [0.25, 0.3) is 0 Å². The van der Waals surface area contributed by atoms with Crippen molar-refractivity contribution in [3.8, 4) is 17.2 Å². The number of carbonyl (C=O) groups excluding carboxylic acids is 1. The van der Waals surface area contributed by atoms with E-state index in [1.165, 1.54) is 22.8 Å². The molecule has 1 atom stereocenters. The first-order valence-electron chi connectivity index (χ1n) is 10.8. The summed E-state index contributed by atoms with van der Waals surface area (Å²) in [5.74, 6) is 2.27. The summed E-state index contributed by atoms with van der Waals surface area (Å²) in [5, 5.41) is 9.25. The molecule has 0 amide bonds. The Kier molecular flexibility index (Phi) is 8.46. The fourth-order valence-corrected chi connectivity index (χ4v) is 4.39. The summed E-state index contributed by atoms with van der Waals surface area (Å²) in [6.07, 6.45) is 7.30.